The Morgan fingerprint density at radius 2 is 2.00 bits per heavy atom. The van der Waals surface area contributed by atoms with Gasteiger partial charge in [0.15, 0.2) is 0 Å². The van der Waals surface area contributed by atoms with Gasteiger partial charge in [-0.3, -0.25) is 9.59 Å². The maximum absolute atomic E-state index is 12.8. The van der Waals surface area contributed by atoms with Crippen molar-refractivity contribution in [2.75, 3.05) is 36.5 Å². The number of nitrogens with zero attached hydrogens (tertiary/aromatic N) is 1. The fourth-order valence-corrected chi connectivity index (χ4v) is 4.73. The number of anilines is 1. The summed E-state index contributed by atoms with van der Waals surface area (Å²) in [5, 5.41) is 3.05. The highest BCUT2D eigenvalue weighted by Gasteiger charge is 2.32. The maximum Gasteiger partial charge on any atom is 0.254 e. The first kappa shape index (κ1) is 21.1. The van der Waals surface area contributed by atoms with Crippen LogP contribution in [0.4, 0.5) is 5.69 Å². The van der Waals surface area contributed by atoms with Crippen LogP contribution in [0, 0.1) is 18.8 Å². The van der Waals surface area contributed by atoms with Crippen molar-refractivity contribution in [3.05, 3.63) is 29.3 Å². The Kier molecular flexibility index (Phi) is 7.80. The lowest BCUT2D eigenvalue weighted by atomic mass is 9.95. The van der Waals surface area contributed by atoms with Gasteiger partial charge in [0, 0.05) is 41.8 Å². The van der Waals surface area contributed by atoms with Crippen molar-refractivity contribution < 1.29 is 9.59 Å². The summed E-state index contributed by atoms with van der Waals surface area (Å²) in [5.41, 5.74) is 8.08. The monoisotopic (exact) mass is 397 g/mol. The number of rotatable bonds is 4. The third kappa shape index (κ3) is 4.53. The van der Waals surface area contributed by atoms with Gasteiger partial charge in [0.2, 0.25) is 5.91 Å². The Bertz CT molecular complexity index is 650. The molecule has 2 fully saturated rings. The van der Waals surface area contributed by atoms with Crippen LogP contribution in [-0.4, -0.2) is 47.9 Å². The minimum Gasteiger partial charge on any atom is -0.337 e. The molecular weight excluding hydrogens is 370 g/mol. The normalized spacial score (nSPS) is 22.6. The van der Waals surface area contributed by atoms with Gasteiger partial charge in [-0.2, -0.15) is 11.8 Å². The van der Waals surface area contributed by atoms with Gasteiger partial charge in [0.1, 0.15) is 0 Å². The molecule has 1 aliphatic heterocycles. The van der Waals surface area contributed by atoms with Crippen LogP contribution < -0.4 is 11.1 Å². The molecule has 5 nitrogen and oxygen atoms in total. The highest BCUT2D eigenvalue weighted by atomic mass is 35.5. The smallest absolute Gasteiger partial charge is 0.254 e. The number of nitrogens with one attached hydrogen (secondary N) is 1. The van der Waals surface area contributed by atoms with Gasteiger partial charge < -0.3 is 16.0 Å². The average Bonchev–Trinajstić information content (AvgIpc) is 3.12. The minimum atomic E-state index is -0.0112. The van der Waals surface area contributed by atoms with Gasteiger partial charge in [-0.15, -0.1) is 12.4 Å². The van der Waals surface area contributed by atoms with Gasteiger partial charge in [-0.05, 0) is 49.9 Å². The quantitative estimate of drug-likeness (QED) is 0.819. The third-order valence-corrected chi connectivity index (χ3v) is 6.36. The second-order valence-electron chi connectivity index (χ2n) is 6.91. The summed E-state index contributed by atoms with van der Waals surface area (Å²) in [7, 11) is 0. The molecule has 3 N–H and O–H groups in total. The number of hydrogen-bond donors (Lipinski definition) is 2. The summed E-state index contributed by atoms with van der Waals surface area (Å²) in [6, 6.07) is 5.58. The number of halogens is 1. The first-order chi connectivity index (χ1) is 12.1. The molecule has 0 bridgehead atoms. The molecular formula is C19H28ClN3O2S. The third-order valence-electron chi connectivity index (χ3n) is 5.42. The summed E-state index contributed by atoms with van der Waals surface area (Å²) in [6.45, 7) is 4.05. The molecule has 0 aromatic heterocycles. The van der Waals surface area contributed by atoms with Gasteiger partial charge in [0.05, 0.1) is 0 Å². The zero-order chi connectivity index (χ0) is 17.8. The first-order valence-electron chi connectivity index (χ1n) is 9.09. The number of nitrogens with two attached hydrogens (primary N) is 1. The summed E-state index contributed by atoms with van der Waals surface area (Å²) >= 11 is 1.88. The minimum absolute atomic E-state index is 0. The van der Waals surface area contributed by atoms with Gasteiger partial charge in [-0.1, -0.05) is 12.5 Å². The molecule has 3 rings (SSSR count). The molecule has 1 aromatic carbocycles. The molecule has 1 aromatic rings. The van der Waals surface area contributed by atoms with Crippen LogP contribution in [0.25, 0.3) is 0 Å². The molecule has 0 unspecified atom stereocenters. The Hall–Kier alpha value is -1.24. The SMILES string of the molecule is Cc1c(NC(=O)[C@@H]2CCC[C@@H]2CN)cccc1C(=O)N1CCSCC1.Cl. The van der Waals surface area contributed by atoms with Crippen LogP contribution in [0.5, 0.6) is 0 Å². The fraction of sp³-hybridized carbons (Fsp3) is 0.579. The molecule has 1 saturated heterocycles. The van der Waals surface area contributed by atoms with Crippen molar-refractivity contribution in [2.45, 2.75) is 26.2 Å². The summed E-state index contributed by atoms with van der Waals surface area (Å²) in [5.74, 6) is 2.34. The molecule has 2 amide bonds. The van der Waals surface area contributed by atoms with E-state index in [0.29, 0.717) is 12.1 Å². The van der Waals surface area contributed by atoms with Crippen molar-refractivity contribution in [3.63, 3.8) is 0 Å². The summed E-state index contributed by atoms with van der Waals surface area (Å²) in [6.07, 6.45) is 2.99. The van der Waals surface area contributed by atoms with E-state index in [2.05, 4.69) is 5.32 Å². The maximum atomic E-state index is 12.8. The van der Waals surface area contributed by atoms with E-state index in [1.165, 1.54) is 0 Å². The molecule has 2 atom stereocenters. The van der Waals surface area contributed by atoms with Crippen LogP contribution in [0.2, 0.25) is 0 Å². The summed E-state index contributed by atoms with van der Waals surface area (Å²) in [4.78, 5) is 27.4. The number of amides is 2. The van der Waals surface area contributed by atoms with E-state index in [4.69, 9.17) is 5.73 Å². The highest BCUT2D eigenvalue weighted by Crippen LogP contribution is 2.32. The molecule has 1 heterocycles. The van der Waals surface area contributed by atoms with Gasteiger partial charge in [0.25, 0.3) is 5.91 Å². The lowest BCUT2D eigenvalue weighted by molar-refractivity contribution is -0.120. The van der Waals surface area contributed by atoms with Crippen LogP contribution in [0.1, 0.15) is 35.2 Å². The topological polar surface area (TPSA) is 75.4 Å². The van der Waals surface area contributed by atoms with E-state index in [1.54, 1.807) is 0 Å². The number of hydrogen-bond acceptors (Lipinski definition) is 4. The van der Waals surface area contributed by atoms with Crippen molar-refractivity contribution in [1.82, 2.24) is 4.90 Å². The molecule has 7 heteroatoms. The van der Waals surface area contributed by atoms with Crippen LogP contribution in [0.15, 0.2) is 18.2 Å². The number of benzene rings is 1. The lowest BCUT2D eigenvalue weighted by Crippen LogP contribution is -2.38. The molecule has 1 aliphatic carbocycles. The Balaban J connectivity index is 0.00000243. The first-order valence-corrected chi connectivity index (χ1v) is 10.2. The van der Waals surface area contributed by atoms with Gasteiger partial charge in [-0.25, -0.2) is 0 Å². The van der Waals surface area contributed by atoms with E-state index in [-0.39, 0.29) is 36.1 Å². The molecule has 144 valence electrons. The summed E-state index contributed by atoms with van der Waals surface area (Å²) < 4.78 is 0. The van der Waals surface area contributed by atoms with Crippen molar-refractivity contribution in [2.24, 2.45) is 17.6 Å². The molecule has 0 radical (unpaired) electrons. The van der Waals surface area contributed by atoms with Gasteiger partial charge >= 0.3 is 0 Å². The zero-order valence-corrected chi connectivity index (χ0v) is 16.8. The predicted molar refractivity (Wildman–Crippen MR) is 110 cm³/mol. The zero-order valence-electron chi connectivity index (χ0n) is 15.2. The number of thioether (sulfide) groups is 1. The molecule has 0 spiro atoms. The standard InChI is InChI=1S/C19H27N3O2S.ClH/c1-13-15(19(24)22-8-10-25-11-9-22)5-3-7-17(13)21-18(23)16-6-2-4-14(16)12-20;/h3,5,7,14,16H,2,4,6,8-12,20H2,1H3,(H,21,23);1H/t14-,16-;/m1./s1. The fourth-order valence-electron chi connectivity index (χ4n) is 3.83. The Labute approximate surface area is 165 Å². The average molecular weight is 398 g/mol. The number of carbonyl (C=O) groups is 2. The van der Waals surface area contributed by atoms with Crippen LogP contribution in [0.3, 0.4) is 0 Å². The second-order valence-corrected chi connectivity index (χ2v) is 8.13. The van der Waals surface area contributed by atoms with E-state index in [0.717, 1.165) is 55.1 Å². The Morgan fingerprint density at radius 1 is 1.27 bits per heavy atom. The highest BCUT2D eigenvalue weighted by molar-refractivity contribution is 7.99. The van der Waals surface area contributed by atoms with Crippen LogP contribution >= 0.6 is 24.2 Å². The largest absolute Gasteiger partial charge is 0.337 e. The van der Waals surface area contributed by atoms with E-state index in [1.807, 2.05) is 41.8 Å². The van der Waals surface area contributed by atoms with Crippen molar-refractivity contribution >= 4 is 41.7 Å². The van der Waals surface area contributed by atoms with Crippen molar-refractivity contribution in [1.29, 1.82) is 0 Å². The van der Waals surface area contributed by atoms with E-state index in [9.17, 15) is 9.59 Å². The van der Waals surface area contributed by atoms with Crippen LogP contribution in [-0.2, 0) is 4.79 Å². The molecule has 1 saturated carbocycles. The lowest BCUT2D eigenvalue weighted by Gasteiger charge is -2.27. The van der Waals surface area contributed by atoms with E-state index >= 15 is 0 Å². The van der Waals surface area contributed by atoms with E-state index < -0.39 is 0 Å². The molecule has 26 heavy (non-hydrogen) atoms. The molecule has 2 aliphatic rings. The second kappa shape index (κ2) is 9.62. The number of carbonyl (C=O) groups excluding carboxylic acids is 2. The van der Waals surface area contributed by atoms with Crippen molar-refractivity contribution in [3.8, 4) is 0 Å². The Morgan fingerprint density at radius 3 is 2.69 bits per heavy atom. The predicted octanol–water partition coefficient (Wildman–Crippen LogP) is 2.92.